The van der Waals surface area contributed by atoms with Gasteiger partial charge in [-0.05, 0) is 35.2 Å². The summed E-state index contributed by atoms with van der Waals surface area (Å²) in [5.41, 5.74) is 2.06. The van der Waals surface area contributed by atoms with E-state index in [1.165, 1.54) is 0 Å². The fourth-order valence-corrected chi connectivity index (χ4v) is 1.91. The zero-order valence-electron chi connectivity index (χ0n) is 9.05. The highest BCUT2D eigenvalue weighted by atomic mass is 16.1. The van der Waals surface area contributed by atoms with E-state index in [0.717, 1.165) is 16.5 Å². The first-order valence-corrected chi connectivity index (χ1v) is 5.36. The zero-order chi connectivity index (χ0) is 11.7. The smallest absolute Gasteiger partial charge is 0.255 e. The van der Waals surface area contributed by atoms with E-state index in [2.05, 4.69) is 9.97 Å². The van der Waals surface area contributed by atoms with Gasteiger partial charge in [0.2, 0.25) is 0 Å². The largest absolute Gasteiger partial charge is 0.329 e. The van der Waals surface area contributed by atoms with Gasteiger partial charge in [0.1, 0.15) is 0 Å². The Morgan fingerprint density at radius 3 is 2.82 bits per heavy atom. The first-order chi connectivity index (χ1) is 8.34. The SMILES string of the molecule is O=c1[nH]ccc2cc(-c3cccnc3)ccc12. The average molecular weight is 222 g/mol. The van der Waals surface area contributed by atoms with Crippen LogP contribution in [-0.2, 0) is 0 Å². The van der Waals surface area contributed by atoms with Gasteiger partial charge in [-0.3, -0.25) is 9.78 Å². The second-order valence-electron chi connectivity index (χ2n) is 3.85. The Morgan fingerprint density at radius 1 is 1.06 bits per heavy atom. The van der Waals surface area contributed by atoms with Gasteiger partial charge in [-0.2, -0.15) is 0 Å². The lowest BCUT2D eigenvalue weighted by molar-refractivity contribution is 1.28. The Bertz CT molecular complexity index is 717. The third kappa shape index (κ3) is 1.72. The van der Waals surface area contributed by atoms with Gasteiger partial charge in [0.15, 0.2) is 0 Å². The topological polar surface area (TPSA) is 45.8 Å². The predicted octanol–water partition coefficient (Wildman–Crippen LogP) is 2.59. The lowest BCUT2D eigenvalue weighted by atomic mass is 10.0. The number of nitrogens with zero attached hydrogens (tertiary/aromatic N) is 1. The molecule has 0 saturated carbocycles. The summed E-state index contributed by atoms with van der Waals surface area (Å²) < 4.78 is 0. The summed E-state index contributed by atoms with van der Waals surface area (Å²) in [4.78, 5) is 18.3. The molecule has 1 aromatic carbocycles. The molecule has 3 aromatic rings. The standard InChI is InChI=1S/C14H10N2O/c17-14-13-4-3-10(8-11(13)5-7-16-14)12-2-1-6-15-9-12/h1-9H,(H,16,17). The van der Waals surface area contributed by atoms with E-state index in [-0.39, 0.29) is 5.56 Å². The highest BCUT2D eigenvalue weighted by molar-refractivity contribution is 5.86. The molecule has 0 aliphatic carbocycles. The Labute approximate surface area is 97.8 Å². The molecule has 0 unspecified atom stereocenters. The number of pyridine rings is 2. The fraction of sp³-hybridized carbons (Fsp3) is 0. The molecule has 0 spiro atoms. The number of fused-ring (bicyclic) bond motifs is 1. The van der Waals surface area contributed by atoms with Crippen LogP contribution >= 0.6 is 0 Å². The van der Waals surface area contributed by atoms with Crippen molar-refractivity contribution in [3.05, 3.63) is 65.3 Å². The molecule has 82 valence electrons. The molecule has 0 bridgehead atoms. The van der Waals surface area contributed by atoms with Crippen molar-refractivity contribution in [1.82, 2.24) is 9.97 Å². The summed E-state index contributed by atoms with van der Waals surface area (Å²) in [5, 5.41) is 1.65. The Morgan fingerprint density at radius 2 is 2.00 bits per heavy atom. The van der Waals surface area contributed by atoms with Crippen LogP contribution in [0.25, 0.3) is 21.9 Å². The third-order valence-electron chi connectivity index (χ3n) is 2.77. The number of nitrogens with one attached hydrogen (secondary N) is 1. The minimum atomic E-state index is -0.0553. The zero-order valence-corrected chi connectivity index (χ0v) is 9.05. The Kier molecular flexibility index (Phi) is 2.22. The molecule has 2 aromatic heterocycles. The fourth-order valence-electron chi connectivity index (χ4n) is 1.91. The van der Waals surface area contributed by atoms with E-state index in [0.29, 0.717) is 5.39 Å². The van der Waals surface area contributed by atoms with Crippen molar-refractivity contribution < 1.29 is 0 Å². The Balaban J connectivity index is 2.25. The van der Waals surface area contributed by atoms with Crippen molar-refractivity contribution in [1.29, 1.82) is 0 Å². The normalized spacial score (nSPS) is 10.6. The predicted molar refractivity (Wildman–Crippen MR) is 67.8 cm³/mol. The van der Waals surface area contributed by atoms with Gasteiger partial charge in [-0.1, -0.05) is 12.1 Å². The van der Waals surface area contributed by atoms with Crippen molar-refractivity contribution in [2.24, 2.45) is 0 Å². The minimum absolute atomic E-state index is 0.0553. The van der Waals surface area contributed by atoms with Crippen molar-refractivity contribution in [2.75, 3.05) is 0 Å². The number of H-pyrrole nitrogens is 1. The molecule has 0 amide bonds. The average Bonchev–Trinajstić information content (AvgIpc) is 2.40. The molecular weight excluding hydrogens is 212 g/mol. The van der Waals surface area contributed by atoms with Gasteiger partial charge >= 0.3 is 0 Å². The number of hydrogen-bond acceptors (Lipinski definition) is 2. The maximum absolute atomic E-state index is 11.6. The van der Waals surface area contributed by atoms with Gasteiger partial charge in [0.05, 0.1) is 0 Å². The van der Waals surface area contributed by atoms with Crippen molar-refractivity contribution in [3.8, 4) is 11.1 Å². The second kappa shape index (κ2) is 3.87. The summed E-state index contributed by atoms with van der Waals surface area (Å²) in [5.74, 6) is 0. The van der Waals surface area contributed by atoms with Crippen LogP contribution in [0.1, 0.15) is 0 Å². The summed E-state index contributed by atoms with van der Waals surface area (Å²) in [6, 6.07) is 11.6. The van der Waals surface area contributed by atoms with Gasteiger partial charge in [-0.15, -0.1) is 0 Å². The number of rotatable bonds is 1. The molecule has 3 nitrogen and oxygen atoms in total. The first kappa shape index (κ1) is 9.78. The maximum Gasteiger partial charge on any atom is 0.255 e. The van der Waals surface area contributed by atoms with E-state index >= 15 is 0 Å². The van der Waals surface area contributed by atoms with Gasteiger partial charge in [0, 0.05) is 29.5 Å². The quantitative estimate of drug-likeness (QED) is 0.687. The number of hydrogen-bond donors (Lipinski definition) is 1. The molecule has 1 N–H and O–H groups in total. The molecule has 17 heavy (non-hydrogen) atoms. The minimum Gasteiger partial charge on any atom is -0.329 e. The van der Waals surface area contributed by atoms with Crippen LogP contribution in [0.3, 0.4) is 0 Å². The van der Waals surface area contributed by atoms with Crippen LogP contribution in [0.5, 0.6) is 0 Å². The van der Waals surface area contributed by atoms with Crippen molar-refractivity contribution >= 4 is 10.8 Å². The van der Waals surface area contributed by atoms with E-state index in [1.54, 1.807) is 12.4 Å². The van der Waals surface area contributed by atoms with Crippen LogP contribution in [0.15, 0.2) is 59.8 Å². The van der Waals surface area contributed by atoms with E-state index < -0.39 is 0 Å². The maximum atomic E-state index is 11.6. The summed E-state index contributed by atoms with van der Waals surface area (Å²) in [6.07, 6.45) is 5.22. The van der Waals surface area contributed by atoms with Crippen molar-refractivity contribution in [3.63, 3.8) is 0 Å². The molecule has 0 atom stereocenters. The number of aromatic amines is 1. The Hall–Kier alpha value is -2.42. The summed E-state index contributed by atoms with van der Waals surface area (Å²) in [7, 11) is 0. The molecule has 0 saturated heterocycles. The monoisotopic (exact) mass is 222 g/mol. The van der Waals surface area contributed by atoms with Crippen LogP contribution < -0.4 is 5.56 Å². The number of aromatic nitrogens is 2. The first-order valence-electron chi connectivity index (χ1n) is 5.36. The molecule has 3 rings (SSSR count). The second-order valence-corrected chi connectivity index (χ2v) is 3.85. The van der Waals surface area contributed by atoms with Gasteiger partial charge in [-0.25, -0.2) is 0 Å². The summed E-state index contributed by atoms with van der Waals surface area (Å²) >= 11 is 0. The molecule has 3 heteroatoms. The van der Waals surface area contributed by atoms with Gasteiger partial charge < -0.3 is 4.98 Å². The van der Waals surface area contributed by atoms with E-state index in [4.69, 9.17) is 0 Å². The molecule has 0 fully saturated rings. The van der Waals surface area contributed by atoms with E-state index in [1.807, 2.05) is 42.6 Å². The lowest BCUT2D eigenvalue weighted by Crippen LogP contribution is -2.03. The third-order valence-corrected chi connectivity index (χ3v) is 2.77. The molecule has 0 radical (unpaired) electrons. The van der Waals surface area contributed by atoms with Crippen LogP contribution in [0, 0.1) is 0 Å². The molecule has 0 aliphatic heterocycles. The highest BCUT2D eigenvalue weighted by Gasteiger charge is 2.01. The summed E-state index contributed by atoms with van der Waals surface area (Å²) in [6.45, 7) is 0. The van der Waals surface area contributed by atoms with E-state index in [9.17, 15) is 4.79 Å². The highest BCUT2D eigenvalue weighted by Crippen LogP contribution is 2.21. The van der Waals surface area contributed by atoms with Gasteiger partial charge in [0.25, 0.3) is 5.56 Å². The molecule has 2 heterocycles. The molecule has 0 aliphatic rings. The van der Waals surface area contributed by atoms with Crippen LogP contribution in [0.2, 0.25) is 0 Å². The molecular formula is C14H10N2O. The number of benzene rings is 1. The lowest BCUT2D eigenvalue weighted by Gasteiger charge is -2.02. The van der Waals surface area contributed by atoms with Crippen LogP contribution in [-0.4, -0.2) is 9.97 Å². The van der Waals surface area contributed by atoms with Crippen molar-refractivity contribution in [2.45, 2.75) is 0 Å². The van der Waals surface area contributed by atoms with Crippen LogP contribution in [0.4, 0.5) is 0 Å².